The Kier molecular flexibility index (Phi) is 4.59. The Morgan fingerprint density at radius 2 is 2.19 bits per heavy atom. The van der Waals surface area contributed by atoms with E-state index < -0.39 is 16.0 Å². The minimum Gasteiger partial charge on any atom is -0.464 e. The molecule has 1 amide bonds. The fraction of sp³-hybridized carbons (Fsp3) is 0.545. The summed E-state index contributed by atoms with van der Waals surface area (Å²) in [6.45, 7) is -0.308. The second-order valence-electron chi connectivity index (χ2n) is 4.58. The number of methoxy groups -OCH3 is 1. The molecule has 1 fully saturated rings. The molecule has 10 heteroatoms. The second kappa shape index (κ2) is 6.08. The van der Waals surface area contributed by atoms with E-state index in [1.807, 2.05) is 0 Å². The van der Waals surface area contributed by atoms with Crippen molar-refractivity contribution in [1.82, 2.24) is 14.6 Å². The van der Waals surface area contributed by atoms with Gasteiger partial charge in [0.1, 0.15) is 0 Å². The zero-order valence-corrected chi connectivity index (χ0v) is 13.2. The summed E-state index contributed by atoms with van der Waals surface area (Å²) in [7, 11) is -1.54. The monoisotopic (exact) mass is 333 g/mol. The summed E-state index contributed by atoms with van der Waals surface area (Å²) in [6, 6.07) is 0.155. The minimum atomic E-state index is -3.96. The van der Waals surface area contributed by atoms with Gasteiger partial charge in [-0.25, -0.2) is 18.2 Å². The van der Waals surface area contributed by atoms with Crippen LogP contribution in [0.2, 0.25) is 0 Å². The quantitative estimate of drug-likeness (QED) is 0.725. The van der Waals surface area contributed by atoms with Crippen LogP contribution < -0.4 is 5.32 Å². The Labute approximate surface area is 126 Å². The van der Waals surface area contributed by atoms with Crippen molar-refractivity contribution in [3.8, 4) is 0 Å². The number of likely N-dealkylation sites (N-methyl/N-ethyl adjacent to an activating group) is 1. The van der Waals surface area contributed by atoms with Gasteiger partial charge >= 0.3 is 5.97 Å². The summed E-state index contributed by atoms with van der Waals surface area (Å²) < 4.78 is 29.9. The number of hydrogen-bond acceptors (Lipinski definition) is 7. The molecule has 0 spiro atoms. The molecule has 1 aromatic rings. The molecule has 1 N–H and O–H groups in total. The Bertz CT molecular complexity index is 651. The van der Waals surface area contributed by atoms with Crippen molar-refractivity contribution in [2.75, 3.05) is 20.7 Å². The number of carbonyl (C=O) groups is 2. The normalized spacial score (nSPS) is 15.0. The standard InChI is InChI=1S/C11H15N3O5S2/c1-14(5-8(15)13-7-3-4-7)21(17,18)11-9(10(16)19-2)12-6-20-11/h6-7H,3-5H2,1-2H3,(H,13,15). The molecule has 0 aliphatic heterocycles. The maximum Gasteiger partial charge on any atom is 0.358 e. The number of esters is 1. The van der Waals surface area contributed by atoms with Crippen LogP contribution in [0.25, 0.3) is 0 Å². The van der Waals surface area contributed by atoms with Crippen LogP contribution in [0.5, 0.6) is 0 Å². The molecule has 0 aromatic carbocycles. The molecule has 21 heavy (non-hydrogen) atoms. The highest BCUT2D eigenvalue weighted by molar-refractivity contribution is 7.91. The first-order valence-electron chi connectivity index (χ1n) is 6.13. The molecule has 0 radical (unpaired) electrons. The fourth-order valence-electron chi connectivity index (χ4n) is 1.58. The third-order valence-corrected chi connectivity index (χ3v) is 6.02. The highest BCUT2D eigenvalue weighted by Crippen LogP contribution is 2.24. The minimum absolute atomic E-state index is 0.155. The van der Waals surface area contributed by atoms with Crippen molar-refractivity contribution in [3.05, 3.63) is 11.2 Å². The van der Waals surface area contributed by atoms with Gasteiger partial charge in [0.15, 0.2) is 9.90 Å². The third-order valence-electron chi connectivity index (χ3n) is 2.87. The van der Waals surface area contributed by atoms with Crippen LogP contribution in [0.3, 0.4) is 0 Å². The fourth-order valence-corrected chi connectivity index (χ4v) is 4.03. The van der Waals surface area contributed by atoms with E-state index in [1.54, 1.807) is 0 Å². The van der Waals surface area contributed by atoms with Crippen molar-refractivity contribution < 1.29 is 22.7 Å². The van der Waals surface area contributed by atoms with Crippen LogP contribution in [0.1, 0.15) is 23.3 Å². The van der Waals surface area contributed by atoms with Crippen molar-refractivity contribution in [3.63, 3.8) is 0 Å². The van der Waals surface area contributed by atoms with Gasteiger partial charge < -0.3 is 10.1 Å². The van der Waals surface area contributed by atoms with Crippen LogP contribution in [-0.4, -0.2) is 56.3 Å². The number of nitrogens with zero attached hydrogens (tertiary/aromatic N) is 2. The maximum atomic E-state index is 12.4. The molecular weight excluding hydrogens is 318 g/mol. The summed E-state index contributed by atoms with van der Waals surface area (Å²) in [5.41, 5.74) is 0.981. The topological polar surface area (TPSA) is 106 Å². The van der Waals surface area contributed by atoms with E-state index in [9.17, 15) is 18.0 Å². The lowest BCUT2D eigenvalue weighted by Gasteiger charge is -2.16. The van der Waals surface area contributed by atoms with Crippen molar-refractivity contribution in [2.24, 2.45) is 0 Å². The number of ether oxygens (including phenoxy) is 1. The molecule has 0 saturated heterocycles. The van der Waals surface area contributed by atoms with E-state index in [0.29, 0.717) is 0 Å². The average Bonchev–Trinajstić information content (AvgIpc) is 3.08. The highest BCUT2D eigenvalue weighted by Gasteiger charge is 2.32. The zero-order chi connectivity index (χ0) is 15.6. The van der Waals surface area contributed by atoms with E-state index in [-0.39, 0.29) is 28.4 Å². The van der Waals surface area contributed by atoms with Crippen molar-refractivity contribution >= 4 is 33.2 Å². The SMILES string of the molecule is COC(=O)c1ncsc1S(=O)(=O)N(C)CC(=O)NC1CC1. The first kappa shape index (κ1) is 15.9. The number of rotatable bonds is 6. The molecule has 1 aromatic heterocycles. The lowest BCUT2D eigenvalue weighted by molar-refractivity contribution is -0.121. The van der Waals surface area contributed by atoms with Crippen molar-refractivity contribution in [1.29, 1.82) is 0 Å². The van der Waals surface area contributed by atoms with Crippen molar-refractivity contribution in [2.45, 2.75) is 23.1 Å². The lowest BCUT2D eigenvalue weighted by Crippen LogP contribution is -2.39. The predicted octanol–water partition coefficient (Wildman–Crippen LogP) is -0.171. The average molecular weight is 333 g/mol. The zero-order valence-electron chi connectivity index (χ0n) is 11.5. The summed E-state index contributed by atoms with van der Waals surface area (Å²) in [4.78, 5) is 26.9. The number of thiazole rings is 1. The first-order valence-corrected chi connectivity index (χ1v) is 8.45. The molecular formula is C11H15N3O5S2. The lowest BCUT2D eigenvalue weighted by atomic mass is 10.5. The van der Waals surface area contributed by atoms with Gasteiger partial charge in [0.05, 0.1) is 19.2 Å². The Balaban J connectivity index is 2.14. The molecule has 8 nitrogen and oxygen atoms in total. The van der Waals surface area contributed by atoms with Gasteiger partial charge in [-0.05, 0) is 12.8 Å². The van der Waals surface area contributed by atoms with E-state index in [0.717, 1.165) is 35.6 Å². The Hall–Kier alpha value is -1.52. The van der Waals surface area contributed by atoms with Crippen LogP contribution in [-0.2, 0) is 19.6 Å². The van der Waals surface area contributed by atoms with E-state index in [1.165, 1.54) is 12.6 Å². The van der Waals surface area contributed by atoms with Crippen LogP contribution in [0.15, 0.2) is 9.72 Å². The molecule has 116 valence electrons. The summed E-state index contributed by atoms with van der Waals surface area (Å²) in [6.07, 6.45) is 1.84. The van der Waals surface area contributed by atoms with Gasteiger partial charge in [-0.3, -0.25) is 4.79 Å². The smallest absolute Gasteiger partial charge is 0.358 e. The van der Waals surface area contributed by atoms with E-state index >= 15 is 0 Å². The molecule has 0 bridgehead atoms. The van der Waals surface area contributed by atoms with E-state index in [2.05, 4.69) is 15.0 Å². The highest BCUT2D eigenvalue weighted by atomic mass is 32.2. The maximum absolute atomic E-state index is 12.4. The predicted molar refractivity (Wildman–Crippen MR) is 74.4 cm³/mol. The van der Waals surface area contributed by atoms with Gasteiger partial charge in [-0.1, -0.05) is 0 Å². The number of sulfonamides is 1. The van der Waals surface area contributed by atoms with Crippen LogP contribution in [0.4, 0.5) is 0 Å². The molecule has 1 heterocycles. The number of amides is 1. The molecule has 1 saturated carbocycles. The van der Waals surface area contributed by atoms with Gasteiger partial charge in [-0.2, -0.15) is 4.31 Å². The summed E-state index contributed by atoms with van der Waals surface area (Å²) >= 11 is 0.809. The first-order chi connectivity index (χ1) is 9.86. The third kappa shape index (κ3) is 3.57. The van der Waals surface area contributed by atoms with E-state index in [4.69, 9.17) is 0 Å². The summed E-state index contributed by atoms with van der Waals surface area (Å²) in [5.74, 6) is -1.20. The molecule has 1 aliphatic carbocycles. The molecule has 1 aliphatic rings. The van der Waals surface area contributed by atoms with Crippen LogP contribution >= 0.6 is 11.3 Å². The second-order valence-corrected chi connectivity index (χ2v) is 7.68. The van der Waals surface area contributed by atoms with Gasteiger partial charge in [0, 0.05) is 13.1 Å². The van der Waals surface area contributed by atoms with Gasteiger partial charge in [0.25, 0.3) is 10.0 Å². The number of nitrogens with one attached hydrogen (secondary N) is 1. The molecule has 0 atom stereocenters. The Morgan fingerprint density at radius 1 is 1.52 bits per heavy atom. The van der Waals surface area contributed by atoms with Gasteiger partial charge in [0.2, 0.25) is 5.91 Å². The van der Waals surface area contributed by atoms with Gasteiger partial charge in [-0.15, -0.1) is 11.3 Å². The Morgan fingerprint density at radius 3 is 2.76 bits per heavy atom. The number of hydrogen-bond donors (Lipinski definition) is 1. The molecule has 2 rings (SSSR count). The number of aromatic nitrogens is 1. The number of carbonyl (C=O) groups excluding carboxylic acids is 2. The largest absolute Gasteiger partial charge is 0.464 e. The molecule has 0 unspecified atom stereocenters. The van der Waals surface area contributed by atoms with Crippen LogP contribution in [0, 0.1) is 0 Å². The summed E-state index contributed by atoms with van der Waals surface area (Å²) in [5, 5.41) is 2.70.